The monoisotopic (exact) mass is 352 g/mol. The maximum absolute atomic E-state index is 13.6. The van der Waals surface area contributed by atoms with Crippen LogP contribution < -0.4 is 4.74 Å². The Morgan fingerprint density at radius 1 is 1.35 bits per heavy atom. The highest BCUT2D eigenvalue weighted by atomic mass is 19.1. The van der Waals surface area contributed by atoms with Gasteiger partial charge in [0.05, 0.1) is 24.3 Å². The first-order valence-corrected chi connectivity index (χ1v) is 8.70. The number of hydrogen-bond acceptors (Lipinski definition) is 4. The molecular formula is C21H21FN2O2. The number of Topliss-reactive ketones (excluding diaryl/α,β-unsaturated/α-hetero) is 1. The van der Waals surface area contributed by atoms with Gasteiger partial charge < -0.3 is 4.74 Å². The van der Waals surface area contributed by atoms with E-state index in [0.717, 1.165) is 24.9 Å². The Kier molecular flexibility index (Phi) is 5.65. The molecule has 1 aliphatic rings. The molecule has 0 aromatic heterocycles. The fourth-order valence-electron chi connectivity index (χ4n) is 3.51. The zero-order chi connectivity index (χ0) is 18.5. The van der Waals surface area contributed by atoms with Gasteiger partial charge in [0, 0.05) is 19.0 Å². The summed E-state index contributed by atoms with van der Waals surface area (Å²) in [6, 6.07) is 13.8. The van der Waals surface area contributed by atoms with E-state index in [0.29, 0.717) is 30.0 Å². The number of hydrogen-bond donors (Lipinski definition) is 0. The van der Waals surface area contributed by atoms with Crippen LogP contribution in [-0.4, -0.2) is 30.9 Å². The number of piperidine rings is 1. The Labute approximate surface area is 152 Å². The van der Waals surface area contributed by atoms with Crippen molar-refractivity contribution in [1.82, 2.24) is 4.90 Å². The Bertz CT molecular complexity index is 844. The third-order valence-electron chi connectivity index (χ3n) is 4.84. The Morgan fingerprint density at radius 2 is 2.15 bits per heavy atom. The zero-order valence-electron chi connectivity index (χ0n) is 14.7. The molecule has 2 aromatic carbocycles. The lowest BCUT2D eigenvalue weighted by Crippen LogP contribution is -2.38. The quantitative estimate of drug-likeness (QED) is 0.768. The first-order chi connectivity index (χ1) is 12.6. The number of halogens is 1. The number of nitrogens with zero attached hydrogens (tertiary/aromatic N) is 2. The second-order valence-corrected chi connectivity index (χ2v) is 6.55. The Balaban J connectivity index is 1.75. The minimum Gasteiger partial charge on any atom is -0.496 e. The van der Waals surface area contributed by atoms with E-state index in [4.69, 9.17) is 4.74 Å². The Morgan fingerprint density at radius 3 is 2.92 bits per heavy atom. The lowest BCUT2D eigenvalue weighted by Gasteiger charge is -2.32. The van der Waals surface area contributed by atoms with E-state index >= 15 is 0 Å². The molecule has 5 heteroatoms. The van der Waals surface area contributed by atoms with Crippen LogP contribution in [0.1, 0.15) is 34.3 Å². The van der Waals surface area contributed by atoms with E-state index in [1.54, 1.807) is 6.07 Å². The van der Waals surface area contributed by atoms with E-state index in [9.17, 15) is 14.4 Å². The maximum Gasteiger partial charge on any atom is 0.171 e. The van der Waals surface area contributed by atoms with E-state index in [1.807, 2.05) is 18.2 Å². The summed E-state index contributed by atoms with van der Waals surface area (Å²) in [6.07, 6.45) is 1.66. The fourth-order valence-corrected chi connectivity index (χ4v) is 3.51. The summed E-state index contributed by atoms with van der Waals surface area (Å²) in [5, 5.41) is 9.25. The number of benzene rings is 2. The number of likely N-dealkylation sites (tertiary alicyclic amines) is 1. The van der Waals surface area contributed by atoms with E-state index in [-0.39, 0.29) is 11.7 Å². The molecular weight excluding hydrogens is 331 g/mol. The van der Waals surface area contributed by atoms with Gasteiger partial charge in [-0.15, -0.1) is 0 Å². The lowest BCUT2D eigenvalue weighted by atomic mass is 9.89. The second kappa shape index (κ2) is 8.11. The molecule has 2 aromatic rings. The van der Waals surface area contributed by atoms with Crippen LogP contribution in [-0.2, 0) is 6.54 Å². The molecule has 1 heterocycles. The molecule has 26 heavy (non-hydrogen) atoms. The average molecular weight is 352 g/mol. The molecule has 0 spiro atoms. The first-order valence-electron chi connectivity index (χ1n) is 8.70. The van der Waals surface area contributed by atoms with Crippen molar-refractivity contribution in [3.63, 3.8) is 0 Å². The largest absolute Gasteiger partial charge is 0.496 e. The number of ether oxygens (including phenoxy) is 1. The fraction of sp³-hybridized carbons (Fsp3) is 0.333. The van der Waals surface area contributed by atoms with Crippen LogP contribution in [0.3, 0.4) is 0 Å². The molecule has 1 aliphatic heterocycles. The molecule has 1 saturated heterocycles. The van der Waals surface area contributed by atoms with Gasteiger partial charge in [-0.2, -0.15) is 5.26 Å². The van der Waals surface area contributed by atoms with E-state index in [1.165, 1.54) is 25.3 Å². The van der Waals surface area contributed by atoms with E-state index < -0.39 is 5.82 Å². The maximum atomic E-state index is 13.6. The van der Waals surface area contributed by atoms with Crippen LogP contribution in [0.25, 0.3) is 0 Å². The molecule has 0 amide bonds. The summed E-state index contributed by atoms with van der Waals surface area (Å²) in [7, 11) is 1.48. The molecule has 0 bridgehead atoms. The van der Waals surface area contributed by atoms with Gasteiger partial charge in [0.1, 0.15) is 11.6 Å². The highest BCUT2D eigenvalue weighted by molar-refractivity contribution is 6.00. The molecule has 0 aliphatic carbocycles. The summed E-state index contributed by atoms with van der Waals surface area (Å²) in [5.41, 5.74) is 1.93. The van der Waals surface area contributed by atoms with Crippen LogP contribution in [0.4, 0.5) is 4.39 Å². The van der Waals surface area contributed by atoms with Crippen molar-refractivity contribution in [2.45, 2.75) is 19.4 Å². The van der Waals surface area contributed by atoms with Crippen LogP contribution in [0.2, 0.25) is 0 Å². The van der Waals surface area contributed by atoms with E-state index in [2.05, 4.69) is 11.0 Å². The predicted octanol–water partition coefficient (Wildman–Crippen LogP) is 3.80. The first kappa shape index (κ1) is 18.1. The van der Waals surface area contributed by atoms with Gasteiger partial charge in [0.2, 0.25) is 0 Å². The summed E-state index contributed by atoms with van der Waals surface area (Å²) in [4.78, 5) is 15.1. The van der Waals surface area contributed by atoms with Crippen molar-refractivity contribution >= 4 is 5.78 Å². The highest BCUT2D eigenvalue weighted by Crippen LogP contribution is 2.28. The summed E-state index contributed by atoms with van der Waals surface area (Å²) in [6.45, 7) is 2.11. The van der Waals surface area contributed by atoms with Crippen molar-refractivity contribution in [2.24, 2.45) is 5.92 Å². The molecule has 0 N–H and O–H groups in total. The standard InChI is InChI=1S/C21H21FN2O2/c1-26-20-9-8-18(22)11-19(20)21(25)17-7-4-10-24(14-17)13-16-6-3-2-5-15(16)12-23/h2-3,5-6,8-9,11,17H,4,7,10,13-14H2,1H3/t17-/m1/s1. The normalized spacial score (nSPS) is 17.5. The lowest BCUT2D eigenvalue weighted by molar-refractivity contribution is 0.0808. The number of carbonyl (C=O) groups is 1. The number of rotatable bonds is 5. The average Bonchev–Trinajstić information content (AvgIpc) is 2.68. The van der Waals surface area contributed by atoms with Crippen LogP contribution in [0, 0.1) is 23.1 Å². The topological polar surface area (TPSA) is 53.3 Å². The third-order valence-corrected chi connectivity index (χ3v) is 4.84. The van der Waals surface area contributed by atoms with Gasteiger partial charge in [0.25, 0.3) is 0 Å². The zero-order valence-corrected chi connectivity index (χ0v) is 14.7. The minimum atomic E-state index is -0.440. The molecule has 4 nitrogen and oxygen atoms in total. The SMILES string of the molecule is COc1ccc(F)cc1C(=O)[C@@H]1CCCN(Cc2ccccc2C#N)C1. The Hall–Kier alpha value is -2.71. The summed E-state index contributed by atoms with van der Waals surface area (Å²) >= 11 is 0. The smallest absolute Gasteiger partial charge is 0.171 e. The molecule has 0 saturated carbocycles. The van der Waals surface area contributed by atoms with Crippen molar-refractivity contribution in [3.05, 3.63) is 65.0 Å². The minimum absolute atomic E-state index is 0.0837. The number of nitriles is 1. The van der Waals surface area contributed by atoms with Gasteiger partial charge in [-0.1, -0.05) is 18.2 Å². The van der Waals surface area contributed by atoms with Crippen molar-refractivity contribution in [2.75, 3.05) is 20.2 Å². The number of carbonyl (C=O) groups excluding carboxylic acids is 1. The van der Waals surface area contributed by atoms with Crippen LogP contribution in [0.5, 0.6) is 5.75 Å². The van der Waals surface area contributed by atoms with Gasteiger partial charge >= 0.3 is 0 Å². The van der Waals surface area contributed by atoms with Gasteiger partial charge in [0.15, 0.2) is 5.78 Å². The predicted molar refractivity (Wildman–Crippen MR) is 96.4 cm³/mol. The van der Waals surface area contributed by atoms with Crippen LogP contribution >= 0.6 is 0 Å². The van der Waals surface area contributed by atoms with Gasteiger partial charge in [-0.3, -0.25) is 9.69 Å². The molecule has 1 atom stereocenters. The van der Waals surface area contributed by atoms with Gasteiger partial charge in [-0.05, 0) is 49.2 Å². The van der Waals surface area contributed by atoms with Crippen molar-refractivity contribution in [3.8, 4) is 11.8 Å². The molecule has 0 unspecified atom stereocenters. The molecule has 1 fully saturated rings. The van der Waals surface area contributed by atoms with Crippen LogP contribution in [0.15, 0.2) is 42.5 Å². The molecule has 0 radical (unpaired) electrons. The number of ketones is 1. The summed E-state index contributed by atoms with van der Waals surface area (Å²) in [5.74, 6) is -0.318. The summed E-state index contributed by atoms with van der Waals surface area (Å²) < 4.78 is 18.8. The third kappa shape index (κ3) is 3.92. The number of methoxy groups -OCH3 is 1. The van der Waals surface area contributed by atoms with Crippen molar-refractivity contribution in [1.29, 1.82) is 5.26 Å². The van der Waals surface area contributed by atoms with Gasteiger partial charge in [-0.25, -0.2) is 4.39 Å². The van der Waals surface area contributed by atoms with Crippen molar-refractivity contribution < 1.29 is 13.9 Å². The molecule has 3 rings (SSSR count). The second-order valence-electron chi connectivity index (χ2n) is 6.55. The highest BCUT2D eigenvalue weighted by Gasteiger charge is 2.28. The molecule has 134 valence electrons.